The highest BCUT2D eigenvalue weighted by atomic mass is 16.3. The topological polar surface area (TPSA) is 30.8 Å². The van der Waals surface area contributed by atoms with Crippen LogP contribution >= 0.6 is 0 Å². The van der Waals surface area contributed by atoms with Gasteiger partial charge in [0.15, 0.2) is 18.6 Å². The summed E-state index contributed by atoms with van der Waals surface area (Å²) in [5, 5.41) is 11.1. The highest BCUT2D eigenvalue weighted by Gasteiger charge is 2.10. The van der Waals surface area contributed by atoms with Crippen LogP contribution in [0.25, 0.3) is 0 Å². The molecule has 2 aromatic heterocycles. The van der Waals surface area contributed by atoms with E-state index in [-0.39, 0.29) is 5.75 Å². The molecule has 3 heteroatoms. The molecule has 0 saturated carbocycles. The number of rotatable bonds is 2. The van der Waals surface area contributed by atoms with Gasteiger partial charge in [-0.1, -0.05) is 12.1 Å². The quantitative estimate of drug-likeness (QED) is 0.625. The highest BCUT2D eigenvalue weighted by Crippen LogP contribution is 1.99. The number of aryl methyl sites for hydroxylation is 1. The maximum absolute atomic E-state index is 11.1. The molecule has 2 rings (SSSR count). The third kappa shape index (κ3) is 2.31. The minimum Gasteiger partial charge on any atom is -0.868 e. The molecule has 0 aromatic carbocycles. The molecular weight excluding hydrogens is 188 g/mol. The van der Waals surface area contributed by atoms with Crippen molar-refractivity contribution in [2.45, 2.75) is 6.54 Å². The lowest BCUT2D eigenvalue weighted by Gasteiger charge is -2.03. The smallest absolute Gasteiger partial charge is 0.247 e. The van der Waals surface area contributed by atoms with Crippen molar-refractivity contribution in [2.24, 2.45) is 7.05 Å². The fourth-order valence-corrected chi connectivity index (χ4v) is 1.50. The Morgan fingerprint density at radius 3 is 2.53 bits per heavy atom. The molecule has 0 aliphatic carbocycles. The molecule has 2 aromatic rings. The predicted octanol–water partition coefficient (Wildman–Crippen LogP) is -0.0795. The van der Waals surface area contributed by atoms with E-state index in [9.17, 15) is 5.11 Å². The van der Waals surface area contributed by atoms with Crippen LogP contribution in [0, 0.1) is 0 Å². The molecule has 0 aliphatic heterocycles. The number of pyridine rings is 2. The van der Waals surface area contributed by atoms with Crippen molar-refractivity contribution in [3.8, 4) is 5.75 Å². The van der Waals surface area contributed by atoms with Gasteiger partial charge in [0.05, 0.1) is 0 Å². The fourth-order valence-electron chi connectivity index (χ4n) is 1.50. The van der Waals surface area contributed by atoms with Gasteiger partial charge in [0.25, 0.3) is 0 Å². The fraction of sp³-hybridized carbons (Fsp3) is 0.167. The van der Waals surface area contributed by atoms with Crippen LogP contribution in [0.4, 0.5) is 0 Å². The second-order valence-electron chi connectivity index (χ2n) is 3.51. The molecule has 0 aliphatic rings. The Balaban J connectivity index is 2.25. The second kappa shape index (κ2) is 4.09. The minimum absolute atomic E-state index is 0.0410. The largest absolute Gasteiger partial charge is 0.868 e. The van der Waals surface area contributed by atoms with Crippen molar-refractivity contribution in [1.82, 2.24) is 0 Å². The van der Waals surface area contributed by atoms with E-state index in [1.807, 2.05) is 48.3 Å². The van der Waals surface area contributed by atoms with Crippen molar-refractivity contribution >= 4 is 0 Å². The Kier molecular flexibility index (Phi) is 2.63. The molecule has 0 spiro atoms. The third-order valence-electron chi connectivity index (χ3n) is 2.34. The zero-order chi connectivity index (χ0) is 10.7. The standard InChI is InChI=1S/C12H13N2O/c1-13-10-12(15)6-5-11(13)9-14-7-3-2-4-8-14/h2-8,10H,9H2,1H3/q+1. The molecule has 0 bridgehead atoms. The van der Waals surface area contributed by atoms with Gasteiger partial charge in [0.1, 0.15) is 7.05 Å². The predicted molar refractivity (Wildman–Crippen MR) is 52.8 cm³/mol. The first-order valence-corrected chi connectivity index (χ1v) is 4.85. The SMILES string of the molecule is C[n+]1cc([O-])ccc1C[n+]1ccccc1. The van der Waals surface area contributed by atoms with Crippen molar-refractivity contribution in [2.75, 3.05) is 0 Å². The van der Waals surface area contributed by atoms with Crippen LogP contribution in [0.3, 0.4) is 0 Å². The monoisotopic (exact) mass is 201 g/mol. The maximum atomic E-state index is 11.1. The molecule has 15 heavy (non-hydrogen) atoms. The first kappa shape index (κ1) is 9.65. The summed E-state index contributed by atoms with van der Waals surface area (Å²) < 4.78 is 3.93. The Labute approximate surface area is 88.9 Å². The van der Waals surface area contributed by atoms with Crippen molar-refractivity contribution in [3.05, 3.63) is 54.6 Å². The summed E-state index contributed by atoms with van der Waals surface area (Å²) in [5.41, 5.74) is 1.10. The van der Waals surface area contributed by atoms with Crippen LogP contribution in [0.1, 0.15) is 5.69 Å². The molecule has 0 unspecified atom stereocenters. The summed E-state index contributed by atoms with van der Waals surface area (Å²) in [6.07, 6.45) is 5.61. The summed E-state index contributed by atoms with van der Waals surface area (Å²) in [4.78, 5) is 0. The summed E-state index contributed by atoms with van der Waals surface area (Å²) >= 11 is 0. The molecule has 0 fully saturated rings. The van der Waals surface area contributed by atoms with E-state index in [1.54, 1.807) is 12.3 Å². The Morgan fingerprint density at radius 1 is 1.13 bits per heavy atom. The van der Waals surface area contributed by atoms with Gasteiger partial charge >= 0.3 is 0 Å². The molecule has 0 saturated heterocycles. The molecule has 76 valence electrons. The van der Waals surface area contributed by atoms with Gasteiger partial charge in [0.2, 0.25) is 12.2 Å². The average molecular weight is 201 g/mol. The lowest BCUT2D eigenvalue weighted by molar-refractivity contribution is -0.739. The number of hydrogen-bond acceptors (Lipinski definition) is 1. The average Bonchev–Trinajstić information content (AvgIpc) is 2.24. The van der Waals surface area contributed by atoms with E-state index in [0.717, 1.165) is 12.2 Å². The van der Waals surface area contributed by atoms with Gasteiger partial charge in [-0.15, -0.1) is 0 Å². The van der Waals surface area contributed by atoms with E-state index in [0.29, 0.717) is 0 Å². The van der Waals surface area contributed by atoms with Crippen LogP contribution in [0.2, 0.25) is 0 Å². The first-order valence-electron chi connectivity index (χ1n) is 4.85. The van der Waals surface area contributed by atoms with Crippen molar-refractivity contribution < 1.29 is 14.2 Å². The summed E-state index contributed by atoms with van der Waals surface area (Å²) in [5.74, 6) is 0.0410. The van der Waals surface area contributed by atoms with Crippen LogP contribution in [-0.4, -0.2) is 0 Å². The minimum atomic E-state index is 0.0410. The molecule has 0 atom stereocenters. The molecule has 2 heterocycles. The van der Waals surface area contributed by atoms with Crippen LogP contribution in [0.15, 0.2) is 48.9 Å². The number of hydrogen-bond donors (Lipinski definition) is 0. The highest BCUT2D eigenvalue weighted by molar-refractivity contribution is 5.11. The maximum Gasteiger partial charge on any atom is 0.247 e. The molecule has 0 N–H and O–H groups in total. The van der Waals surface area contributed by atoms with Crippen LogP contribution in [-0.2, 0) is 13.6 Å². The zero-order valence-electron chi connectivity index (χ0n) is 8.63. The lowest BCUT2D eigenvalue weighted by atomic mass is 10.3. The summed E-state index contributed by atoms with van der Waals surface area (Å²) in [7, 11) is 1.89. The normalized spacial score (nSPS) is 10.2. The van der Waals surface area contributed by atoms with Crippen LogP contribution < -0.4 is 14.2 Å². The summed E-state index contributed by atoms with van der Waals surface area (Å²) in [6.45, 7) is 0.775. The van der Waals surface area contributed by atoms with E-state index < -0.39 is 0 Å². The van der Waals surface area contributed by atoms with Crippen LogP contribution in [0.5, 0.6) is 5.75 Å². The van der Waals surface area contributed by atoms with Gasteiger partial charge < -0.3 is 5.11 Å². The van der Waals surface area contributed by atoms with E-state index in [2.05, 4.69) is 4.57 Å². The molecule has 3 nitrogen and oxygen atoms in total. The second-order valence-corrected chi connectivity index (χ2v) is 3.51. The number of aromatic nitrogens is 2. The Bertz CT molecular complexity index is 454. The van der Waals surface area contributed by atoms with Crippen molar-refractivity contribution in [1.29, 1.82) is 0 Å². The van der Waals surface area contributed by atoms with E-state index in [1.165, 1.54) is 0 Å². The Morgan fingerprint density at radius 2 is 1.87 bits per heavy atom. The van der Waals surface area contributed by atoms with Gasteiger partial charge in [-0.2, -0.15) is 4.57 Å². The van der Waals surface area contributed by atoms with Gasteiger partial charge in [-0.3, -0.25) is 0 Å². The molecule has 0 radical (unpaired) electrons. The molecular formula is C12H13N2O+. The van der Waals surface area contributed by atoms with Crippen molar-refractivity contribution in [3.63, 3.8) is 0 Å². The van der Waals surface area contributed by atoms with Gasteiger partial charge in [-0.25, -0.2) is 4.57 Å². The van der Waals surface area contributed by atoms with Gasteiger partial charge in [0, 0.05) is 18.2 Å². The van der Waals surface area contributed by atoms with E-state index >= 15 is 0 Å². The zero-order valence-corrected chi connectivity index (χ0v) is 8.63. The first-order chi connectivity index (χ1) is 7.25. The summed E-state index contributed by atoms with van der Waals surface area (Å²) in [6, 6.07) is 9.42. The van der Waals surface area contributed by atoms with E-state index in [4.69, 9.17) is 0 Å². The van der Waals surface area contributed by atoms with Gasteiger partial charge in [-0.05, 0) is 5.75 Å². The Hall–Kier alpha value is -1.90. The lowest BCUT2D eigenvalue weighted by Crippen LogP contribution is -2.42. The number of nitrogens with zero attached hydrogens (tertiary/aromatic N) is 2. The molecule has 0 amide bonds. The third-order valence-corrected chi connectivity index (χ3v) is 2.34.